The highest BCUT2D eigenvalue weighted by atomic mass is 19.1. The van der Waals surface area contributed by atoms with Gasteiger partial charge in [-0.05, 0) is 47.0 Å². The Morgan fingerprint density at radius 3 is 2.43 bits per heavy atom. The number of rotatable bonds is 8. The Morgan fingerprint density at radius 2 is 1.70 bits per heavy atom. The molecule has 2 aliphatic rings. The molecule has 11 nitrogen and oxygen atoms in total. The lowest BCUT2D eigenvalue weighted by Gasteiger charge is -2.17. The molecule has 1 aliphatic carbocycles. The average molecular weight is 625 g/mol. The number of carboxylic acids is 1. The summed E-state index contributed by atoms with van der Waals surface area (Å²) in [6.45, 7) is 0.316. The van der Waals surface area contributed by atoms with Crippen molar-refractivity contribution in [1.82, 2.24) is 15.3 Å². The molecule has 0 atom stereocenters. The van der Waals surface area contributed by atoms with Crippen LogP contribution in [-0.2, 0) is 13.2 Å². The van der Waals surface area contributed by atoms with Crippen LogP contribution in [0.3, 0.4) is 0 Å². The lowest BCUT2D eigenvalue weighted by Crippen LogP contribution is -2.23. The number of aromatic nitrogens is 2. The van der Waals surface area contributed by atoms with E-state index in [0.29, 0.717) is 0 Å². The van der Waals surface area contributed by atoms with Gasteiger partial charge in [0, 0.05) is 47.0 Å². The van der Waals surface area contributed by atoms with E-state index < -0.39 is 34.7 Å². The molecule has 1 aliphatic heterocycles. The number of phenols is 1. The number of halogens is 2. The Labute approximate surface area is 257 Å². The number of carbonyl (C=O) groups excluding carboxylic acids is 1. The highest BCUT2D eigenvalue weighted by molar-refractivity contribution is 6.09. The number of nitrogens with zero attached hydrogens (tertiary/aromatic N) is 2. The number of nitrogen functional groups attached to an aromatic ring is 1. The standard InChI is InChI=1S/C33H22F2N4O7/c34-23-10-21-27(12-25(23)40)46-28-13-26(41)24(35)11-22(28)30(21)19-6-5-18(9-20(19)32(43)44)31(42)38-14-16-1-3-17(4-2-16)15-45-33-37-8-7-29(36)39-33/h1-13,40H,14-15H2,(H,38,42)(H,43,44)(H2,36,37,39). The summed E-state index contributed by atoms with van der Waals surface area (Å²) in [6, 6.07) is 16.3. The number of nitrogens with two attached hydrogens (primary N) is 1. The zero-order valence-electron chi connectivity index (χ0n) is 23.6. The topological polar surface area (TPSA) is 178 Å². The first-order valence-corrected chi connectivity index (χ1v) is 13.6. The van der Waals surface area contributed by atoms with Crippen LogP contribution in [0.4, 0.5) is 14.6 Å². The molecule has 46 heavy (non-hydrogen) atoms. The molecule has 4 aromatic rings. The first kappa shape index (κ1) is 29.7. The monoisotopic (exact) mass is 624 g/mol. The largest absolute Gasteiger partial charge is 0.505 e. The van der Waals surface area contributed by atoms with Crippen LogP contribution in [-0.4, -0.2) is 32.1 Å². The Balaban J connectivity index is 1.27. The Kier molecular flexibility index (Phi) is 7.72. The van der Waals surface area contributed by atoms with Gasteiger partial charge in [0.2, 0.25) is 5.43 Å². The van der Waals surface area contributed by atoms with E-state index in [-0.39, 0.29) is 69.5 Å². The summed E-state index contributed by atoms with van der Waals surface area (Å²) in [5, 5.41) is 22.8. The predicted octanol–water partition coefficient (Wildman–Crippen LogP) is 5.13. The van der Waals surface area contributed by atoms with Crippen molar-refractivity contribution >= 4 is 28.7 Å². The molecule has 1 aromatic heterocycles. The van der Waals surface area contributed by atoms with Gasteiger partial charge in [0.05, 0.1) is 5.56 Å². The molecule has 0 saturated heterocycles. The van der Waals surface area contributed by atoms with Gasteiger partial charge in [-0.25, -0.2) is 18.6 Å². The normalized spacial score (nSPS) is 11.1. The molecular formula is C33H22F2N4O7. The van der Waals surface area contributed by atoms with Crippen molar-refractivity contribution < 1.29 is 37.7 Å². The first-order valence-electron chi connectivity index (χ1n) is 13.6. The maximum Gasteiger partial charge on any atom is 0.336 e. The third-order valence-electron chi connectivity index (χ3n) is 7.12. The SMILES string of the molecule is Nc1ccnc(OCc2ccc(CNC(=O)c3ccc(-c4c5cc(F)c(=O)cc-5oc5cc(O)c(F)cc45)c(C(=O)O)c3)cc2)n1. The van der Waals surface area contributed by atoms with Crippen LogP contribution in [0, 0.1) is 11.6 Å². The number of aromatic carboxylic acids is 1. The Hall–Kier alpha value is -6.37. The summed E-state index contributed by atoms with van der Waals surface area (Å²) in [4.78, 5) is 45.5. The lowest BCUT2D eigenvalue weighted by molar-refractivity contribution is 0.0697. The molecule has 6 rings (SSSR count). The van der Waals surface area contributed by atoms with Gasteiger partial charge in [-0.3, -0.25) is 9.59 Å². The van der Waals surface area contributed by atoms with Gasteiger partial charge in [0.15, 0.2) is 17.4 Å². The Morgan fingerprint density at radius 1 is 0.935 bits per heavy atom. The van der Waals surface area contributed by atoms with Crippen molar-refractivity contribution in [3.63, 3.8) is 0 Å². The molecule has 230 valence electrons. The van der Waals surface area contributed by atoms with Crippen molar-refractivity contribution in [2.45, 2.75) is 13.2 Å². The highest BCUT2D eigenvalue weighted by Crippen LogP contribution is 2.43. The molecule has 0 bridgehead atoms. The van der Waals surface area contributed by atoms with Crippen LogP contribution >= 0.6 is 0 Å². The second-order valence-corrected chi connectivity index (χ2v) is 10.2. The molecule has 0 unspecified atom stereocenters. The maximum atomic E-state index is 14.5. The van der Waals surface area contributed by atoms with Crippen molar-refractivity contribution in [1.29, 1.82) is 0 Å². The zero-order chi connectivity index (χ0) is 32.5. The number of ether oxygens (including phenoxy) is 1. The third-order valence-corrected chi connectivity index (χ3v) is 7.12. The summed E-state index contributed by atoms with van der Waals surface area (Å²) in [5.41, 5.74) is 5.82. The van der Waals surface area contributed by atoms with E-state index >= 15 is 0 Å². The predicted molar refractivity (Wildman–Crippen MR) is 161 cm³/mol. The number of amides is 1. The van der Waals surface area contributed by atoms with E-state index in [1.165, 1.54) is 18.3 Å². The van der Waals surface area contributed by atoms with Crippen LogP contribution < -0.4 is 21.2 Å². The summed E-state index contributed by atoms with van der Waals surface area (Å²) in [6.07, 6.45) is 1.48. The number of anilines is 1. The van der Waals surface area contributed by atoms with Crippen LogP contribution in [0.2, 0.25) is 0 Å². The number of carboxylic acid groups (broad SMARTS) is 1. The summed E-state index contributed by atoms with van der Waals surface area (Å²) >= 11 is 0. The fourth-order valence-electron chi connectivity index (χ4n) is 4.88. The van der Waals surface area contributed by atoms with Gasteiger partial charge in [-0.1, -0.05) is 30.3 Å². The number of nitrogens with one attached hydrogen (secondary N) is 1. The van der Waals surface area contributed by atoms with Gasteiger partial charge >= 0.3 is 12.0 Å². The molecule has 3 aromatic carbocycles. The minimum absolute atomic E-state index is 0.000569. The molecule has 0 radical (unpaired) electrons. The average Bonchev–Trinajstić information content (AvgIpc) is 3.03. The molecule has 0 spiro atoms. The fourth-order valence-corrected chi connectivity index (χ4v) is 4.88. The van der Waals surface area contributed by atoms with Crippen molar-refractivity contribution in [2.24, 2.45) is 0 Å². The molecule has 5 N–H and O–H groups in total. The number of carbonyl (C=O) groups is 2. The summed E-state index contributed by atoms with van der Waals surface area (Å²) < 4.78 is 40.1. The lowest BCUT2D eigenvalue weighted by atomic mass is 9.89. The first-order chi connectivity index (χ1) is 22.1. The fraction of sp³-hybridized carbons (Fsp3) is 0.0606. The van der Waals surface area contributed by atoms with Crippen molar-refractivity contribution in [3.05, 3.63) is 123 Å². The second kappa shape index (κ2) is 12.0. The van der Waals surface area contributed by atoms with Gasteiger partial charge in [-0.2, -0.15) is 4.98 Å². The van der Waals surface area contributed by atoms with Crippen LogP contribution in [0.15, 0.2) is 88.2 Å². The molecular weight excluding hydrogens is 602 g/mol. The molecule has 0 fully saturated rings. The van der Waals surface area contributed by atoms with Crippen molar-refractivity contribution in [2.75, 3.05) is 5.73 Å². The highest BCUT2D eigenvalue weighted by Gasteiger charge is 2.25. The van der Waals surface area contributed by atoms with Crippen LogP contribution in [0.5, 0.6) is 11.8 Å². The number of fused-ring (bicyclic) bond motifs is 2. The zero-order valence-corrected chi connectivity index (χ0v) is 23.6. The summed E-state index contributed by atoms with van der Waals surface area (Å²) in [5.74, 6) is -4.74. The van der Waals surface area contributed by atoms with Gasteiger partial charge in [0.1, 0.15) is 23.8 Å². The number of hydrogen-bond donors (Lipinski definition) is 4. The van der Waals surface area contributed by atoms with E-state index in [4.69, 9.17) is 14.9 Å². The number of benzene rings is 4. The number of phenolic OH excluding ortho intramolecular Hbond substituents is 1. The minimum Gasteiger partial charge on any atom is -0.505 e. The van der Waals surface area contributed by atoms with E-state index in [1.807, 2.05) is 0 Å². The Bertz CT molecular complexity index is 2190. The smallest absolute Gasteiger partial charge is 0.336 e. The van der Waals surface area contributed by atoms with E-state index in [9.17, 15) is 33.4 Å². The molecule has 13 heteroatoms. The maximum absolute atomic E-state index is 14.5. The van der Waals surface area contributed by atoms with Crippen molar-refractivity contribution in [3.8, 4) is 34.2 Å². The van der Waals surface area contributed by atoms with E-state index in [2.05, 4.69) is 15.3 Å². The minimum atomic E-state index is -1.42. The van der Waals surface area contributed by atoms with E-state index in [1.54, 1.807) is 30.3 Å². The second-order valence-electron chi connectivity index (χ2n) is 10.2. The van der Waals surface area contributed by atoms with Gasteiger partial charge < -0.3 is 30.4 Å². The number of aromatic hydroxyl groups is 1. The molecule has 0 saturated carbocycles. The summed E-state index contributed by atoms with van der Waals surface area (Å²) in [7, 11) is 0. The quantitative estimate of drug-likeness (QED) is 0.166. The van der Waals surface area contributed by atoms with Gasteiger partial charge in [0.25, 0.3) is 5.91 Å². The van der Waals surface area contributed by atoms with Gasteiger partial charge in [-0.15, -0.1) is 0 Å². The van der Waals surface area contributed by atoms with Crippen LogP contribution in [0.25, 0.3) is 33.4 Å². The van der Waals surface area contributed by atoms with E-state index in [0.717, 1.165) is 41.5 Å². The third kappa shape index (κ3) is 5.88. The number of hydrogen-bond acceptors (Lipinski definition) is 9. The molecule has 2 heterocycles. The van der Waals surface area contributed by atoms with Crippen LogP contribution in [0.1, 0.15) is 31.8 Å². The molecule has 1 amide bonds.